The highest BCUT2D eigenvalue weighted by Gasteiger charge is 2.22. The first-order valence-corrected chi connectivity index (χ1v) is 9.97. The van der Waals surface area contributed by atoms with Crippen LogP contribution in [0.5, 0.6) is 0 Å². The van der Waals surface area contributed by atoms with Crippen molar-refractivity contribution in [1.82, 2.24) is 9.55 Å². The van der Waals surface area contributed by atoms with Crippen LogP contribution in [0.3, 0.4) is 0 Å². The Morgan fingerprint density at radius 1 is 1.43 bits per heavy atom. The van der Waals surface area contributed by atoms with E-state index in [4.69, 9.17) is 21.6 Å². The lowest BCUT2D eigenvalue weighted by molar-refractivity contribution is 0.212. The molecule has 0 amide bonds. The molecule has 30 heavy (non-hydrogen) atoms. The van der Waals surface area contributed by atoms with Gasteiger partial charge in [0.2, 0.25) is 0 Å². The quantitative estimate of drug-likeness (QED) is 0.495. The molecule has 0 aromatic carbocycles. The van der Waals surface area contributed by atoms with Gasteiger partial charge in [-0.15, -0.1) is 0 Å². The average Bonchev–Trinajstić information content (AvgIpc) is 3.53. The van der Waals surface area contributed by atoms with Crippen LogP contribution in [0.15, 0.2) is 51.2 Å². The molecule has 1 aliphatic rings. The van der Waals surface area contributed by atoms with Gasteiger partial charge < -0.3 is 19.6 Å². The van der Waals surface area contributed by atoms with E-state index in [2.05, 4.69) is 16.9 Å². The van der Waals surface area contributed by atoms with Crippen molar-refractivity contribution in [2.45, 2.75) is 25.8 Å². The van der Waals surface area contributed by atoms with Gasteiger partial charge in [0.25, 0.3) is 11.1 Å². The van der Waals surface area contributed by atoms with Crippen LogP contribution in [0.25, 0.3) is 6.08 Å². The topological polar surface area (TPSA) is 99.9 Å². The molecule has 2 N–H and O–H groups in total. The fraction of sp³-hybridized carbons (Fsp3) is 0.318. The second-order valence-corrected chi connectivity index (χ2v) is 7.80. The van der Waals surface area contributed by atoms with Crippen molar-refractivity contribution < 1.29 is 4.74 Å². The zero-order chi connectivity index (χ0) is 21.8. The summed E-state index contributed by atoms with van der Waals surface area (Å²) >= 11 is 6.02. The Bertz CT molecular complexity index is 1150. The van der Waals surface area contributed by atoms with E-state index in [0.29, 0.717) is 35.2 Å². The van der Waals surface area contributed by atoms with Gasteiger partial charge in [-0.25, -0.2) is 0 Å². The number of H-pyrrole nitrogens is 1. The second-order valence-electron chi connectivity index (χ2n) is 7.34. The molecule has 156 valence electrons. The number of anilines is 1. The van der Waals surface area contributed by atoms with Crippen LogP contribution < -0.4 is 16.4 Å². The minimum atomic E-state index is -0.430. The van der Waals surface area contributed by atoms with Crippen molar-refractivity contribution in [2.75, 3.05) is 11.9 Å². The Balaban J connectivity index is 1.79. The third-order valence-corrected chi connectivity index (χ3v) is 5.13. The van der Waals surface area contributed by atoms with E-state index in [1.807, 2.05) is 6.07 Å². The summed E-state index contributed by atoms with van der Waals surface area (Å²) in [5.41, 5.74) is 0.932. The Kier molecular flexibility index (Phi) is 6.48. The molecule has 2 heterocycles. The minimum Gasteiger partial charge on any atom is -0.492 e. The highest BCUT2D eigenvalue weighted by Crippen LogP contribution is 2.30. The molecule has 0 saturated heterocycles. The normalized spacial score (nSPS) is 14.7. The molecule has 1 aliphatic carbocycles. The standard InChI is InChI=1S/C22H23ClN4O3/c1-13(23)20(30-12-15-4-5-15)10-16-6-8-18(21(28)26-16)14(2)25-19-9-7-17(11-24)27(3)22(19)29/h6-10,14-15,25H,1,4-5,12H2,2-3H3,(H,26,28)/b20-10+. The maximum absolute atomic E-state index is 12.6. The van der Waals surface area contributed by atoms with E-state index in [9.17, 15) is 9.59 Å². The van der Waals surface area contributed by atoms with E-state index in [1.54, 1.807) is 31.2 Å². The van der Waals surface area contributed by atoms with Gasteiger partial charge in [-0.1, -0.05) is 18.2 Å². The van der Waals surface area contributed by atoms with Crippen LogP contribution in [-0.2, 0) is 11.8 Å². The number of ether oxygens (including phenoxy) is 1. The predicted octanol–water partition coefficient (Wildman–Crippen LogP) is 3.64. The first-order chi connectivity index (χ1) is 14.3. The third kappa shape index (κ3) is 5.02. The Morgan fingerprint density at radius 2 is 2.17 bits per heavy atom. The zero-order valence-electron chi connectivity index (χ0n) is 16.9. The molecule has 2 aromatic rings. The van der Waals surface area contributed by atoms with Crippen LogP contribution in [0.2, 0.25) is 0 Å². The van der Waals surface area contributed by atoms with Gasteiger partial charge in [0.05, 0.1) is 17.7 Å². The first kappa shape index (κ1) is 21.5. The molecular formula is C22H23ClN4O3. The second kappa shape index (κ2) is 9.06. The Hall–Kier alpha value is -3.24. The molecule has 8 heteroatoms. The summed E-state index contributed by atoms with van der Waals surface area (Å²) < 4.78 is 6.97. The lowest BCUT2D eigenvalue weighted by Crippen LogP contribution is -2.26. The number of aromatic amines is 1. The average molecular weight is 427 g/mol. The van der Waals surface area contributed by atoms with Gasteiger partial charge in [0.15, 0.2) is 0 Å². The van der Waals surface area contributed by atoms with Crippen molar-refractivity contribution in [2.24, 2.45) is 13.0 Å². The summed E-state index contributed by atoms with van der Waals surface area (Å²) in [4.78, 5) is 27.8. The van der Waals surface area contributed by atoms with Crippen molar-refractivity contribution >= 4 is 23.4 Å². The molecule has 2 aromatic heterocycles. The molecule has 1 saturated carbocycles. The third-order valence-electron chi connectivity index (χ3n) is 4.95. The number of nitrogens with zero attached hydrogens (tertiary/aromatic N) is 2. The summed E-state index contributed by atoms with van der Waals surface area (Å²) in [6.07, 6.45) is 3.96. The van der Waals surface area contributed by atoms with Crippen molar-refractivity contribution in [1.29, 1.82) is 5.26 Å². The van der Waals surface area contributed by atoms with Crippen LogP contribution in [0, 0.1) is 17.2 Å². The van der Waals surface area contributed by atoms with E-state index in [-0.39, 0.29) is 21.8 Å². The Morgan fingerprint density at radius 3 is 2.77 bits per heavy atom. The molecule has 0 aliphatic heterocycles. The largest absolute Gasteiger partial charge is 0.492 e. The summed E-state index contributed by atoms with van der Waals surface area (Å²) in [7, 11) is 1.53. The van der Waals surface area contributed by atoms with Crippen molar-refractivity contribution in [3.05, 3.63) is 79.3 Å². The Labute approximate surface area is 179 Å². The molecule has 0 radical (unpaired) electrons. The molecule has 0 bridgehead atoms. The lowest BCUT2D eigenvalue weighted by Gasteiger charge is -2.15. The van der Waals surface area contributed by atoms with Crippen molar-refractivity contribution in [3.63, 3.8) is 0 Å². The minimum absolute atomic E-state index is 0.257. The number of nitrogens with one attached hydrogen (secondary N) is 2. The maximum Gasteiger partial charge on any atom is 0.274 e. The molecule has 0 spiro atoms. The fourth-order valence-electron chi connectivity index (χ4n) is 2.93. The molecule has 1 fully saturated rings. The number of allylic oxidation sites excluding steroid dienone is 1. The van der Waals surface area contributed by atoms with Gasteiger partial charge in [0.1, 0.15) is 23.2 Å². The molecular weight excluding hydrogens is 404 g/mol. The smallest absolute Gasteiger partial charge is 0.274 e. The fourth-order valence-corrected chi connectivity index (χ4v) is 3.03. The number of aromatic nitrogens is 2. The molecule has 3 rings (SSSR count). The molecule has 1 unspecified atom stereocenters. The van der Waals surface area contributed by atoms with E-state index in [1.165, 1.54) is 17.7 Å². The van der Waals surface area contributed by atoms with Crippen molar-refractivity contribution in [3.8, 4) is 6.07 Å². The maximum atomic E-state index is 12.6. The first-order valence-electron chi connectivity index (χ1n) is 9.59. The van der Waals surface area contributed by atoms with Crippen LogP contribution in [0.4, 0.5) is 5.69 Å². The zero-order valence-corrected chi connectivity index (χ0v) is 17.6. The molecule has 1 atom stereocenters. The SMILES string of the molecule is C=C(Cl)/C(=C\c1ccc(C(C)Nc2ccc(C#N)n(C)c2=O)c(=O)[nH]1)OCC1CC1. The van der Waals surface area contributed by atoms with E-state index in [0.717, 1.165) is 12.8 Å². The monoisotopic (exact) mass is 426 g/mol. The number of nitriles is 1. The highest BCUT2D eigenvalue weighted by molar-refractivity contribution is 6.31. The summed E-state index contributed by atoms with van der Waals surface area (Å²) in [6.45, 7) is 6.08. The van der Waals surface area contributed by atoms with Gasteiger partial charge in [-0.05, 0) is 49.9 Å². The van der Waals surface area contributed by atoms with Crippen LogP contribution in [-0.4, -0.2) is 16.2 Å². The highest BCUT2D eigenvalue weighted by atomic mass is 35.5. The predicted molar refractivity (Wildman–Crippen MR) is 117 cm³/mol. The van der Waals surface area contributed by atoms with E-state index < -0.39 is 6.04 Å². The number of rotatable bonds is 8. The number of hydrogen-bond donors (Lipinski definition) is 2. The van der Waals surface area contributed by atoms with Gasteiger partial charge >= 0.3 is 0 Å². The summed E-state index contributed by atoms with van der Waals surface area (Å²) in [6, 6.07) is 8.05. The van der Waals surface area contributed by atoms with E-state index >= 15 is 0 Å². The summed E-state index contributed by atoms with van der Waals surface area (Å²) in [5, 5.41) is 12.3. The van der Waals surface area contributed by atoms with Gasteiger partial charge in [-0.2, -0.15) is 5.26 Å². The summed E-state index contributed by atoms with van der Waals surface area (Å²) in [5.74, 6) is 0.993. The van der Waals surface area contributed by atoms with Crippen LogP contribution >= 0.6 is 11.6 Å². The van der Waals surface area contributed by atoms with Crippen LogP contribution in [0.1, 0.15) is 42.8 Å². The number of hydrogen-bond acceptors (Lipinski definition) is 5. The number of halogens is 1. The van der Waals surface area contributed by atoms with Gasteiger partial charge in [0, 0.05) is 24.4 Å². The molecule has 7 nitrogen and oxygen atoms in total. The lowest BCUT2D eigenvalue weighted by atomic mass is 10.1. The number of pyridine rings is 2. The van der Waals surface area contributed by atoms with Gasteiger partial charge in [-0.3, -0.25) is 9.59 Å².